The first-order valence-electron chi connectivity index (χ1n) is 8.37. The van der Waals surface area contributed by atoms with Gasteiger partial charge in [0.25, 0.3) is 5.91 Å². The van der Waals surface area contributed by atoms with E-state index in [1.807, 2.05) is 12.1 Å². The van der Waals surface area contributed by atoms with Crippen molar-refractivity contribution in [3.05, 3.63) is 71.3 Å². The van der Waals surface area contributed by atoms with E-state index in [-0.39, 0.29) is 24.3 Å². The Kier molecular flexibility index (Phi) is 5.02. The van der Waals surface area contributed by atoms with Gasteiger partial charge in [0.15, 0.2) is 11.5 Å². The molecule has 1 unspecified atom stereocenters. The fourth-order valence-corrected chi connectivity index (χ4v) is 3.14. The predicted molar refractivity (Wildman–Crippen MR) is 95.5 cm³/mol. The van der Waals surface area contributed by atoms with Gasteiger partial charge in [-0.3, -0.25) is 14.6 Å². The highest BCUT2D eigenvalue weighted by Crippen LogP contribution is 2.39. The minimum absolute atomic E-state index is 0.134. The van der Waals surface area contributed by atoms with Gasteiger partial charge < -0.3 is 14.7 Å². The van der Waals surface area contributed by atoms with Crippen LogP contribution in [0.4, 0.5) is 0 Å². The number of aliphatic hydroxyl groups is 1. The number of ketones is 1. The van der Waals surface area contributed by atoms with Gasteiger partial charge in [-0.15, -0.1) is 0 Å². The summed E-state index contributed by atoms with van der Waals surface area (Å²) in [6.45, 7) is 1.94. The molecule has 1 atom stereocenters. The maximum Gasteiger partial charge on any atom is 0.290 e. The minimum atomic E-state index is -0.662. The monoisotopic (exact) mass is 352 g/mol. The van der Waals surface area contributed by atoms with Crippen LogP contribution in [-0.4, -0.2) is 33.8 Å². The summed E-state index contributed by atoms with van der Waals surface area (Å²) in [5.74, 6) is -0.671. The number of hydrogen-bond acceptors (Lipinski definition) is 5. The van der Waals surface area contributed by atoms with Gasteiger partial charge in [-0.05, 0) is 29.3 Å². The van der Waals surface area contributed by atoms with E-state index in [0.29, 0.717) is 11.3 Å². The molecular formula is C20H20N2O4. The Morgan fingerprint density at radius 2 is 2.12 bits per heavy atom. The summed E-state index contributed by atoms with van der Waals surface area (Å²) in [4.78, 5) is 30.7. The summed E-state index contributed by atoms with van der Waals surface area (Å²) in [6.07, 6.45) is 3.51. The average molecular weight is 352 g/mol. The van der Waals surface area contributed by atoms with E-state index < -0.39 is 17.7 Å². The van der Waals surface area contributed by atoms with Crippen molar-refractivity contribution in [2.75, 3.05) is 7.11 Å². The van der Waals surface area contributed by atoms with Crippen LogP contribution in [0.2, 0.25) is 0 Å². The third-order valence-corrected chi connectivity index (χ3v) is 4.41. The third-order valence-electron chi connectivity index (χ3n) is 4.41. The van der Waals surface area contributed by atoms with E-state index in [4.69, 9.17) is 4.74 Å². The number of carbonyl (C=O) groups is 2. The fraction of sp³-hybridized carbons (Fsp3) is 0.250. The number of hydrogen-bond donors (Lipinski definition) is 1. The number of benzene rings is 1. The number of amides is 1. The molecule has 2 aromatic rings. The number of ether oxygens (including phenoxy) is 1. The molecule has 0 spiro atoms. The van der Waals surface area contributed by atoms with Crippen LogP contribution in [0.5, 0.6) is 5.75 Å². The highest BCUT2D eigenvalue weighted by Gasteiger charge is 2.43. The van der Waals surface area contributed by atoms with Gasteiger partial charge in [-0.2, -0.15) is 0 Å². The van der Waals surface area contributed by atoms with E-state index >= 15 is 0 Å². The molecule has 6 heteroatoms. The zero-order valence-electron chi connectivity index (χ0n) is 14.7. The zero-order chi connectivity index (χ0) is 18.7. The zero-order valence-corrected chi connectivity index (χ0v) is 14.7. The molecule has 134 valence electrons. The molecule has 0 fully saturated rings. The first-order chi connectivity index (χ1) is 12.6. The topological polar surface area (TPSA) is 79.7 Å². The second-order valence-electron chi connectivity index (χ2n) is 6.01. The van der Waals surface area contributed by atoms with Crippen LogP contribution in [0.1, 0.15) is 30.5 Å². The summed E-state index contributed by atoms with van der Waals surface area (Å²) < 4.78 is 5.27. The predicted octanol–water partition coefficient (Wildman–Crippen LogP) is 2.96. The number of Topliss-reactive ketones (excluding diaryl/α,β-unsaturated/α-hetero) is 1. The Hall–Kier alpha value is -3.15. The number of carbonyl (C=O) groups excluding carboxylic acids is 2. The van der Waals surface area contributed by atoms with Gasteiger partial charge >= 0.3 is 0 Å². The highest BCUT2D eigenvalue weighted by molar-refractivity contribution is 6.08. The summed E-state index contributed by atoms with van der Waals surface area (Å²) >= 11 is 0. The number of aromatic nitrogens is 1. The molecule has 1 amide bonds. The number of nitrogens with zero attached hydrogens (tertiary/aromatic N) is 2. The smallest absolute Gasteiger partial charge is 0.290 e. The van der Waals surface area contributed by atoms with Crippen molar-refractivity contribution in [2.24, 2.45) is 0 Å². The second kappa shape index (κ2) is 7.39. The molecule has 0 saturated heterocycles. The Bertz CT molecular complexity index is 861. The van der Waals surface area contributed by atoms with Gasteiger partial charge in [-0.1, -0.05) is 25.1 Å². The maximum atomic E-state index is 12.7. The van der Waals surface area contributed by atoms with Crippen molar-refractivity contribution in [1.29, 1.82) is 0 Å². The molecule has 1 aliphatic rings. The van der Waals surface area contributed by atoms with Crippen molar-refractivity contribution in [2.45, 2.75) is 25.9 Å². The normalized spacial score (nSPS) is 16.9. The Balaban J connectivity index is 2.07. The van der Waals surface area contributed by atoms with Crippen molar-refractivity contribution >= 4 is 11.7 Å². The SMILES string of the molecule is CCC(=O)C1=C(O)C(=O)N(Cc2cccnc2)C1c1cccc(OC)c1. The minimum Gasteiger partial charge on any atom is -0.503 e. The van der Waals surface area contributed by atoms with E-state index in [1.54, 1.807) is 50.7 Å². The molecule has 1 aliphatic heterocycles. The lowest BCUT2D eigenvalue weighted by Gasteiger charge is -2.27. The highest BCUT2D eigenvalue weighted by atomic mass is 16.5. The number of pyridine rings is 1. The average Bonchev–Trinajstić information content (AvgIpc) is 2.93. The van der Waals surface area contributed by atoms with E-state index in [0.717, 1.165) is 5.56 Å². The third kappa shape index (κ3) is 3.18. The molecule has 1 aromatic heterocycles. The molecule has 26 heavy (non-hydrogen) atoms. The van der Waals surface area contributed by atoms with Gasteiger partial charge in [-0.25, -0.2) is 0 Å². The van der Waals surface area contributed by atoms with Crippen molar-refractivity contribution in [1.82, 2.24) is 9.88 Å². The summed E-state index contributed by atoms with van der Waals surface area (Å²) in [6, 6.07) is 10.1. The number of rotatable bonds is 6. The first-order valence-corrected chi connectivity index (χ1v) is 8.37. The number of aliphatic hydroxyl groups excluding tert-OH is 1. The van der Waals surface area contributed by atoms with Gasteiger partial charge in [0.2, 0.25) is 0 Å². The van der Waals surface area contributed by atoms with Crippen LogP contribution in [0, 0.1) is 0 Å². The van der Waals surface area contributed by atoms with Crippen LogP contribution < -0.4 is 4.74 Å². The van der Waals surface area contributed by atoms with Crippen LogP contribution in [0.15, 0.2) is 60.1 Å². The van der Waals surface area contributed by atoms with Crippen LogP contribution in [0.3, 0.4) is 0 Å². The molecule has 1 aromatic carbocycles. The molecule has 0 radical (unpaired) electrons. The van der Waals surface area contributed by atoms with E-state index in [1.165, 1.54) is 4.90 Å². The molecule has 3 rings (SSSR count). The fourth-order valence-electron chi connectivity index (χ4n) is 3.14. The maximum absolute atomic E-state index is 12.7. The van der Waals surface area contributed by atoms with Crippen molar-refractivity contribution < 1.29 is 19.4 Å². The Morgan fingerprint density at radius 3 is 2.77 bits per heavy atom. The van der Waals surface area contributed by atoms with E-state index in [9.17, 15) is 14.7 Å². The van der Waals surface area contributed by atoms with Gasteiger partial charge in [0, 0.05) is 25.4 Å². The van der Waals surface area contributed by atoms with Gasteiger partial charge in [0.1, 0.15) is 5.75 Å². The molecular weight excluding hydrogens is 332 g/mol. The Morgan fingerprint density at radius 1 is 1.31 bits per heavy atom. The van der Waals surface area contributed by atoms with Gasteiger partial charge in [0.05, 0.1) is 18.7 Å². The first kappa shape index (κ1) is 17.7. The molecule has 0 saturated carbocycles. The molecule has 0 bridgehead atoms. The molecule has 6 nitrogen and oxygen atoms in total. The van der Waals surface area contributed by atoms with E-state index in [2.05, 4.69) is 4.98 Å². The quantitative estimate of drug-likeness (QED) is 0.864. The molecule has 1 N–H and O–H groups in total. The van der Waals surface area contributed by atoms with Crippen LogP contribution in [0.25, 0.3) is 0 Å². The second-order valence-corrected chi connectivity index (χ2v) is 6.01. The lowest BCUT2D eigenvalue weighted by atomic mass is 9.95. The summed E-state index contributed by atoms with van der Waals surface area (Å²) in [5.41, 5.74) is 1.66. The lowest BCUT2D eigenvalue weighted by molar-refractivity contribution is -0.130. The molecule has 0 aliphatic carbocycles. The van der Waals surface area contributed by atoms with Crippen LogP contribution in [-0.2, 0) is 16.1 Å². The summed E-state index contributed by atoms with van der Waals surface area (Å²) in [5, 5.41) is 10.4. The van der Waals surface area contributed by atoms with Crippen molar-refractivity contribution in [3.63, 3.8) is 0 Å². The van der Waals surface area contributed by atoms with Crippen LogP contribution >= 0.6 is 0 Å². The number of methoxy groups -OCH3 is 1. The Labute approximate surface area is 151 Å². The lowest BCUT2D eigenvalue weighted by Crippen LogP contribution is -2.30. The summed E-state index contributed by atoms with van der Waals surface area (Å²) in [7, 11) is 1.55. The molecule has 2 heterocycles. The standard InChI is InChI=1S/C20H20N2O4/c1-3-16(23)17-18(14-7-4-8-15(10-14)26-2)22(20(25)19(17)24)12-13-6-5-9-21-11-13/h4-11,18,24H,3,12H2,1-2H3. The van der Waals surface area contributed by atoms with Crippen molar-refractivity contribution in [3.8, 4) is 5.75 Å². The largest absolute Gasteiger partial charge is 0.503 e.